The van der Waals surface area contributed by atoms with Crippen LogP contribution in [0.4, 0.5) is 5.69 Å². The number of nitrogen functional groups attached to an aromatic ring is 1. The highest BCUT2D eigenvalue weighted by Gasteiger charge is 2.16. The Kier molecular flexibility index (Phi) is 5.17. The number of benzene rings is 2. The number of aliphatic hydroxyl groups is 1. The molecule has 3 N–H and O–H groups in total. The van der Waals surface area contributed by atoms with Gasteiger partial charge in [-0.15, -0.1) is 0 Å². The standard InChI is InChI=1S/C18H22N2O2/c1-13-15(9-6-10-16(13)19)18(22)20(2)12-11-17(21)14-7-4-3-5-8-14/h3-10,17,21H,11-12,19H2,1-2H3. The summed E-state index contributed by atoms with van der Waals surface area (Å²) in [6.45, 7) is 2.32. The van der Waals surface area contributed by atoms with E-state index in [0.29, 0.717) is 24.2 Å². The first-order chi connectivity index (χ1) is 10.5. The number of carbonyl (C=O) groups excluding carboxylic acids is 1. The van der Waals surface area contributed by atoms with E-state index in [1.807, 2.05) is 37.3 Å². The van der Waals surface area contributed by atoms with E-state index in [0.717, 1.165) is 11.1 Å². The topological polar surface area (TPSA) is 66.6 Å². The van der Waals surface area contributed by atoms with Crippen molar-refractivity contribution in [3.8, 4) is 0 Å². The van der Waals surface area contributed by atoms with Crippen LogP contribution in [0.2, 0.25) is 0 Å². The molecule has 2 aromatic carbocycles. The molecule has 2 aromatic rings. The summed E-state index contributed by atoms with van der Waals surface area (Å²) >= 11 is 0. The zero-order valence-corrected chi connectivity index (χ0v) is 13.0. The average molecular weight is 298 g/mol. The van der Waals surface area contributed by atoms with Crippen molar-refractivity contribution in [2.75, 3.05) is 19.3 Å². The van der Waals surface area contributed by atoms with Gasteiger partial charge in [0.25, 0.3) is 5.91 Å². The van der Waals surface area contributed by atoms with Crippen LogP contribution in [-0.2, 0) is 0 Å². The second-order valence-electron chi connectivity index (χ2n) is 5.46. The maximum atomic E-state index is 12.5. The molecule has 0 saturated carbocycles. The Morgan fingerprint density at radius 2 is 1.86 bits per heavy atom. The number of hydrogen-bond donors (Lipinski definition) is 2. The van der Waals surface area contributed by atoms with Gasteiger partial charge in [-0.2, -0.15) is 0 Å². The molecule has 4 heteroatoms. The van der Waals surface area contributed by atoms with Gasteiger partial charge in [0.15, 0.2) is 0 Å². The van der Waals surface area contributed by atoms with Crippen LogP contribution < -0.4 is 5.73 Å². The Labute approximate surface area is 131 Å². The fourth-order valence-electron chi connectivity index (χ4n) is 2.35. The van der Waals surface area contributed by atoms with Crippen LogP contribution >= 0.6 is 0 Å². The van der Waals surface area contributed by atoms with E-state index in [1.165, 1.54) is 0 Å². The smallest absolute Gasteiger partial charge is 0.253 e. The highest BCUT2D eigenvalue weighted by atomic mass is 16.3. The molecule has 0 saturated heterocycles. The van der Waals surface area contributed by atoms with E-state index < -0.39 is 6.10 Å². The predicted octanol–water partition coefficient (Wildman–Crippen LogP) is 2.77. The molecule has 2 rings (SSSR count). The number of nitrogens with zero attached hydrogens (tertiary/aromatic N) is 1. The van der Waals surface area contributed by atoms with Crippen LogP contribution in [0.25, 0.3) is 0 Å². The Balaban J connectivity index is 1.99. The second kappa shape index (κ2) is 7.09. The summed E-state index contributed by atoms with van der Waals surface area (Å²) in [7, 11) is 1.74. The SMILES string of the molecule is Cc1c(N)cccc1C(=O)N(C)CCC(O)c1ccccc1. The van der Waals surface area contributed by atoms with Crippen molar-refractivity contribution in [1.82, 2.24) is 4.90 Å². The van der Waals surface area contributed by atoms with Gasteiger partial charge in [0.2, 0.25) is 0 Å². The molecule has 1 unspecified atom stereocenters. The molecule has 22 heavy (non-hydrogen) atoms. The van der Waals surface area contributed by atoms with Crippen molar-refractivity contribution in [3.05, 3.63) is 65.2 Å². The van der Waals surface area contributed by atoms with Gasteiger partial charge in [-0.05, 0) is 36.6 Å². The second-order valence-corrected chi connectivity index (χ2v) is 5.46. The van der Waals surface area contributed by atoms with E-state index in [1.54, 1.807) is 30.1 Å². The summed E-state index contributed by atoms with van der Waals surface area (Å²) in [5, 5.41) is 10.2. The molecular weight excluding hydrogens is 276 g/mol. The number of aliphatic hydroxyl groups excluding tert-OH is 1. The van der Waals surface area contributed by atoms with Crippen LogP contribution in [0, 0.1) is 6.92 Å². The van der Waals surface area contributed by atoms with E-state index in [2.05, 4.69) is 0 Å². The molecule has 0 aliphatic heterocycles. The molecule has 1 atom stereocenters. The van der Waals surface area contributed by atoms with Crippen molar-refractivity contribution >= 4 is 11.6 Å². The van der Waals surface area contributed by atoms with Crippen LogP contribution in [0.15, 0.2) is 48.5 Å². The lowest BCUT2D eigenvalue weighted by Crippen LogP contribution is -2.29. The minimum atomic E-state index is -0.571. The van der Waals surface area contributed by atoms with Crippen LogP contribution in [0.5, 0.6) is 0 Å². The van der Waals surface area contributed by atoms with Gasteiger partial charge in [-0.1, -0.05) is 36.4 Å². The van der Waals surface area contributed by atoms with Crippen molar-refractivity contribution in [3.63, 3.8) is 0 Å². The molecule has 0 radical (unpaired) electrons. The van der Waals surface area contributed by atoms with Crippen molar-refractivity contribution in [2.45, 2.75) is 19.4 Å². The maximum absolute atomic E-state index is 12.5. The summed E-state index contributed by atoms with van der Waals surface area (Å²) < 4.78 is 0. The van der Waals surface area contributed by atoms with Crippen molar-refractivity contribution in [1.29, 1.82) is 0 Å². The number of rotatable bonds is 5. The molecule has 0 fully saturated rings. The summed E-state index contributed by atoms with van der Waals surface area (Å²) in [6.07, 6.45) is -0.0773. The Bertz CT molecular complexity index is 641. The summed E-state index contributed by atoms with van der Waals surface area (Å²) in [5.74, 6) is -0.0786. The number of amides is 1. The maximum Gasteiger partial charge on any atom is 0.253 e. The molecule has 0 aromatic heterocycles. The van der Waals surface area contributed by atoms with Gasteiger partial charge in [0, 0.05) is 24.8 Å². The number of carbonyl (C=O) groups is 1. The number of nitrogens with two attached hydrogens (primary N) is 1. The van der Waals surface area contributed by atoms with Gasteiger partial charge in [0.1, 0.15) is 0 Å². The lowest BCUT2D eigenvalue weighted by atomic mass is 10.0. The third kappa shape index (κ3) is 3.65. The first kappa shape index (κ1) is 16.0. The Hall–Kier alpha value is -2.33. The Morgan fingerprint density at radius 1 is 1.18 bits per heavy atom. The third-order valence-electron chi connectivity index (χ3n) is 3.88. The van der Waals surface area contributed by atoms with Crippen LogP contribution in [0.1, 0.15) is 34.0 Å². The van der Waals surface area contributed by atoms with Gasteiger partial charge >= 0.3 is 0 Å². The molecular formula is C18H22N2O2. The average Bonchev–Trinajstić information content (AvgIpc) is 2.55. The minimum Gasteiger partial charge on any atom is -0.398 e. The van der Waals surface area contributed by atoms with Crippen molar-refractivity contribution in [2.24, 2.45) is 0 Å². The summed E-state index contributed by atoms with van der Waals surface area (Å²) in [6, 6.07) is 14.8. The van der Waals surface area contributed by atoms with Gasteiger partial charge in [-0.25, -0.2) is 0 Å². The van der Waals surface area contributed by atoms with Crippen LogP contribution in [0.3, 0.4) is 0 Å². The largest absolute Gasteiger partial charge is 0.398 e. The summed E-state index contributed by atoms with van der Waals surface area (Å²) in [4.78, 5) is 14.1. The minimum absolute atomic E-state index is 0.0786. The lowest BCUT2D eigenvalue weighted by molar-refractivity contribution is 0.0760. The molecule has 0 heterocycles. The predicted molar refractivity (Wildman–Crippen MR) is 88.6 cm³/mol. The van der Waals surface area contributed by atoms with Gasteiger partial charge in [-0.3, -0.25) is 4.79 Å². The van der Waals surface area contributed by atoms with E-state index in [9.17, 15) is 9.90 Å². The van der Waals surface area contributed by atoms with Gasteiger partial charge < -0.3 is 15.7 Å². The molecule has 0 aliphatic carbocycles. The van der Waals surface area contributed by atoms with Crippen LogP contribution in [-0.4, -0.2) is 29.5 Å². The summed E-state index contributed by atoms with van der Waals surface area (Å²) in [5.41, 5.74) is 8.73. The molecule has 0 spiro atoms. The normalized spacial score (nSPS) is 12.0. The monoisotopic (exact) mass is 298 g/mol. The molecule has 0 aliphatic rings. The quantitative estimate of drug-likeness (QED) is 0.834. The first-order valence-electron chi connectivity index (χ1n) is 7.34. The lowest BCUT2D eigenvalue weighted by Gasteiger charge is -2.20. The zero-order chi connectivity index (χ0) is 16.1. The number of hydrogen-bond acceptors (Lipinski definition) is 3. The highest BCUT2D eigenvalue weighted by Crippen LogP contribution is 2.19. The van der Waals surface area contributed by atoms with E-state index >= 15 is 0 Å². The van der Waals surface area contributed by atoms with E-state index in [-0.39, 0.29) is 5.91 Å². The molecule has 4 nitrogen and oxygen atoms in total. The van der Waals surface area contributed by atoms with Crippen molar-refractivity contribution < 1.29 is 9.90 Å². The third-order valence-corrected chi connectivity index (χ3v) is 3.88. The fraction of sp³-hybridized carbons (Fsp3) is 0.278. The molecule has 0 bridgehead atoms. The zero-order valence-electron chi connectivity index (χ0n) is 13.0. The first-order valence-corrected chi connectivity index (χ1v) is 7.34. The number of anilines is 1. The molecule has 1 amide bonds. The Morgan fingerprint density at radius 3 is 2.55 bits per heavy atom. The highest BCUT2D eigenvalue weighted by molar-refractivity contribution is 5.96. The van der Waals surface area contributed by atoms with Gasteiger partial charge in [0.05, 0.1) is 6.10 Å². The van der Waals surface area contributed by atoms with E-state index in [4.69, 9.17) is 5.73 Å². The molecule has 116 valence electrons. The fourth-order valence-corrected chi connectivity index (χ4v) is 2.35.